The average molecular weight is 474 g/mol. The Morgan fingerprint density at radius 2 is 1.85 bits per heavy atom. The number of nitrogens with zero attached hydrogens (tertiary/aromatic N) is 1. The molecule has 1 amide bonds. The van der Waals surface area contributed by atoms with Crippen molar-refractivity contribution < 1.29 is 17.6 Å². The molecule has 2 aromatic rings. The number of hydrogen-bond acceptors (Lipinski definition) is 4. The van der Waals surface area contributed by atoms with Crippen molar-refractivity contribution >= 4 is 15.9 Å². The van der Waals surface area contributed by atoms with Gasteiger partial charge in [0.15, 0.2) is 0 Å². The Balaban J connectivity index is 1.30. The molecule has 2 aliphatic heterocycles. The number of likely N-dealkylation sites (tertiary alicyclic amines) is 1. The van der Waals surface area contributed by atoms with Crippen LogP contribution in [0.3, 0.4) is 0 Å². The molecule has 6 nitrogen and oxygen atoms in total. The van der Waals surface area contributed by atoms with E-state index in [1.54, 1.807) is 12.1 Å². The fourth-order valence-electron chi connectivity index (χ4n) is 5.12. The van der Waals surface area contributed by atoms with Crippen LogP contribution >= 0.6 is 0 Å². The summed E-state index contributed by atoms with van der Waals surface area (Å²) in [6.45, 7) is 5.90. The van der Waals surface area contributed by atoms with Gasteiger partial charge >= 0.3 is 0 Å². The molecule has 3 unspecified atom stereocenters. The molecule has 2 aromatic carbocycles. The number of piperidine rings is 1. The third-order valence-electron chi connectivity index (χ3n) is 6.88. The number of nitrogens with one attached hydrogen (secondary N) is 2. The van der Waals surface area contributed by atoms with Crippen LogP contribution in [0.2, 0.25) is 0 Å². The van der Waals surface area contributed by atoms with Crippen LogP contribution in [0.25, 0.3) is 0 Å². The van der Waals surface area contributed by atoms with E-state index < -0.39 is 15.3 Å². The zero-order valence-corrected chi connectivity index (χ0v) is 19.9. The zero-order chi connectivity index (χ0) is 23.6. The Bertz CT molecular complexity index is 1080. The molecule has 2 saturated heterocycles. The highest BCUT2D eigenvalue weighted by molar-refractivity contribution is 7.90. The first kappa shape index (κ1) is 23.9. The number of hydrogen-bond donors (Lipinski definition) is 2. The highest BCUT2D eigenvalue weighted by atomic mass is 32.2. The molecule has 0 spiro atoms. The number of amides is 1. The van der Waals surface area contributed by atoms with E-state index in [0.29, 0.717) is 38.0 Å². The van der Waals surface area contributed by atoms with Crippen LogP contribution in [-0.4, -0.2) is 45.0 Å². The minimum absolute atomic E-state index is 0.0556. The first-order valence-electron chi connectivity index (χ1n) is 11.6. The number of benzene rings is 2. The Morgan fingerprint density at radius 1 is 1.15 bits per heavy atom. The van der Waals surface area contributed by atoms with E-state index in [1.165, 1.54) is 23.3 Å². The average Bonchev–Trinajstić information content (AvgIpc) is 3.03. The van der Waals surface area contributed by atoms with E-state index in [2.05, 4.69) is 40.1 Å². The van der Waals surface area contributed by atoms with E-state index >= 15 is 0 Å². The molecule has 0 aromatic heterocycles. The number of carbonyl (C=O) groups excluding carboxylic acids is 1. The van der Waals surface area contributed by atoms with Gasteiger partial charge in [-0.05, 0) is 49.4 Å². The van der Waals surface area contributed by atoms with Crippen molar-refractivity contribution in [1.82, 2.24) is 14.9 Å². The summed E-state index contributed by atoms with van der Waals surface area (Å²) in [4.78, 5) is 14.8. The Morgan fingerprint density at radius 3 is 2.52 bits per heavy atom. The molecule has 0 radical (unpaired) electrons. The maximum absolute atomic E-state index is 13.3. The number of sulfonamides is 1. The molecule has 33 heavy (non-hydrogen) atoms. The van der Waals surface area contributed by atoms with E-state index in [9.17, 15) is 17.6 Å². The van der Waals surface area contributed by atoms with Gasteiger partial charge in [-0.1, -0.05) is 48.9 Å². The minimum Gasteiger partial charge on any atom is -0.356 e. The van der Waals surface area contributed by atoms with Gasteiger partial charge in [0, 0.05) is 31.5 Å². The van der Waals surface area contributed by atoms with Crippen LogP contribution in [0.5, 0.6) is 0 Å². The van der Waals surface area contributed by atoms with Crippen molar-refractivity contribution in [2.45, 2.75) is 44.5 Å². The van der Waals surface area contributed by atoms with Gasteiger partial charge in [-0.2, -0.15) is 4.72 Å². The standard InChI is InChI=1S/C25H32FN3O3S/c1-17-4-3-5-19(16-17)10-13-27-25(30)21-11-14-29(15-12-21)24-18(2)23(33(31,32)28-24)20-6-8-22(26)9-7-20/h3-9,16,18,21,23-24,28H,10-15H2,1-2H3,(H,27,30). The first-order chi connectivity index (χ1) is 15.7. The highest BCUT2D eigenvalue weighted by Gasteiger charge is 2.48. The summed E-state index contributed by atoms with van der Waals surface area (Å²) in [7, 11) is -3.57. The topological polar surface area (TPSA) is 78.5 Å². The third kappa shape index (κ3) is 5.45. The number of halogens is 1. The Hall–Kier alpha value is -2.29. The third-order valence-corrected chi connectivity index (χ3v) is 8.82. The zero-order valence-electron chi connectivity index (χ0n) is 19.1. The molecular weight excluding hydrogens is 441 g/mol. The van der Waals surface area contributed by atoms with Gasteiger partial charge < -0.3 is 5.32 Å². The lowest BCUT2D eigenvalue weighted by atomic mass is 9.92. The quantitative estimate of drug-likeness (QED) is 0.676. The van der Waals surface area contributed by atoms with Crippen LogP contribution in [0.1, 0.15) is 41.7 Å². The summed E-state index contributed by atoms with van der Waals surface area (Å²) in [5.41, 5.74) is 3.02. The van der Waals surface area contributed by atoms with E-state index in [4.69, 9.17) is 0 Å². The smallest absolute Gasteiger partial charge is 0.223 e. The molecule has 2 aliphatic rings. The summed E-state index contributed by atoms with van der Waals surface area (Å²) in [6, 6.07) is 14.0. The molecule has 4 rings (SSSR count). The van der Waals surface area contributed by atoms with Crippen LogP contribution in [0, 0.1) is 24.6 Å². The van der Waals surface area contributed by atoms with Crippen molar-refractivity contribution in [3.05, 3.63) is 71.0 Å². The number of rotatable bonds is 6. The Labute approximate surface area is 195 Å². The van der Waals surface area contributed by atoms with Crippen molar-refractivity contribution in [2.75, 3.05) is 19.6 Å². The molecule has 2 fully saturated rings. The molecule has 0 bridgehead atoms. The number of aryl methyl sites for hydroxylation is 1. The van der Waals surface area contributed by atoms with Crippen LogP contribution in [0.4, 0.5) is 4.39 Å². The molecule has 2 N–H and O–H groups in total. The summed E-state index contributed by atoms with van der Waals surface area (Å²) in [5.74, 6) is -0.558. The molecular formula is C25H32FN3O3S. The lowest BCUT2D eigenvalue weighted by molar-refractivity contribution is -0.126. The molecule has 178 valence electrons. The lowest BCUT2D eigenvalue weighted by Gasteiger charge is -2.36. The fourth-order valence-corrected chi connectivity index (χ4v) is 7.20. The summed E-state index contributed by atoms with van der Waals surface area (Å²) in [6.07, 6.45) is 1.87. The monoisotopic (exact) mass is 473 g/mol. The van der Waals surface area contributed by atoms with Crippen molar-refractivity contribution in [3.63, 3.8) is 0 Å². The van der Waals surface area contributed by atoms with Crippen LogP contribution in [-0.2, 0) is 21.2 Å². The Kier molecular flexibility index (Phi) is 7.16. The molecule has 8 heteroatoms. The van der Waals surface area contributed by atoms with E-state index in [0.717, 1.165) is 6.42 Å². The normalized spacial score (nSPS) is 25.7. The second kappa shape index (κ2) is 9.91. The van der Waals surface area contributed by atoms with E-state index in [-0.39, 0.29) is 29.7 Å². The fraction of sp³-hybridized carbons (Fsp3) is 0.480. The second-order valence-electron chi connectivity index (χ2n) is 9.28. The van der Waals surface area contributed by atoms with Gasteiger partial charge in [-0.3, -0.25) is 9.69 Å². The maximum atomic E-state index is 13.3. The van der Waals surface area contributed by atoms with Gasteiger partial charge in [0.05, 0.1) is 6.17 Å². The van der Waals surface area contributed by atoms with Crippen molar-refractivity contribution in [1.29, 1.82) is 0 Å². The summed E-state index contributed by atoms with van der Waals surface area (Å²) < 4.78 is 41.8. The predicted octanol–water partition coefficient (Wildman–Crippen LogP) is 3.14. The van der Waals surface area contributed by atoms with Crippen molar-refractivity contribution in [3.8, 4) is 0 Å². The second-order valence-corrected chi connectivity index (χ2v) is 11.1. The van der Waals surface area contributed by atoms with Gasteiger partial charge in [0.2, 0.25) is 15.9 Å². The van der Waals surface area contributed by atoms with E-state index in [1.807, 2.05) is 13.0 Å². The molecule has 2 heterocycles. The molecule has 0 saturated carbocycles. The van der Waals surface area contributed by atoms with Gasteiger partial charge in [0.25, 0.3) is 0 Å². The molecule has 0 aliphatic carbocycles. The largest absolute Gasteiger partial charge is 0.356 e. The summed E-state index contributed by atoms with van der Waals surface area (Å²) >= 11 is 0. The van der Waals surface area contributed by atoms with Gasteiger partial charge in [-0.15, -0.1) is 0 Å². The first-order valence-corrected chi connectivity index (χ1v) is 13.1. The maximum Gasteiger partial charge on any atom is 0.223 e. The van der Waals surface area contributed by atoms with Crippen LogP contribution < -0.4 is 10.0 Å². The minimum atomic E-state index is -3.57. The predicted molar refractivity (Wildman–Crippen MR) is 126 cm³/mol. The molecule has 3 atom stereocenters. The van der Waals surface area contributed by atoms with Crippen LogP contribution in [0.15, 0.2) is 48.5 Å². The number of carbonyl (C=O) groups is 1. The lowest BCUT2D eigenvalue weighted by Crippen LogP contribution is -2.50. The van der Waals surface area contributed by atoms with Crippen molar-refractivity contribution in [2.24, 2.45) is 11.8 Å². The van der Waals surface area contributed by atoms with Gasteiger partial charge in [-0.25, -0.2) is 12.8 Å². The highest BCUT2D eigenvalue weighted by Crippen LogP contribution is 2.39. The SMILES string of the molecule is Cc1cccc(CCNC(=O)C2CCN(C3NS(=O)(=O)C(c4ccc(F)cc4)C3C)CC2)c1. The summed E-state index contributed by atoms with van der Waals surface area (Å²) in [5, 5.41) is 2.34. The van der Waals surface area contributed by atoms with Gasteiger partial charge in [0.1, 0.15) is 11.1 Å².